The first-order valence-electron chi connectivity index (χ1n) is 9.10. The van der Waals surface area contributed by atoms with Crippen molar-refractivity contribution < 1.29 is 23.8 Å². The van der Waals surface area contributed by atoms with Crippen LogP contribution in [-0.2, 0) is 21.5 Å². The summed E-state index contributed by atoms with van der Waals surface area (Å²) in [5.74, 6) is -0.460. The molecule has 2 unspecified atom stereocenters. The average molecular weight is 376 g/mol. The van der Waals surface area contributed by atoms with Crippen molar-refractivity contribution in [2.75, 3.05) is 13.2 Å². The summed E-state index contributed by atoms with van der Waals surface area (Å²) in [5.41, 5.74) is -0.993. The van der Waals surface area contributed by atoms with Crippen LogP contribution < -0.4 is 0 Å². The standard InChI is InChI=1S/C20H25FN2O4/c1-19(2,3)27-18(24)23-15-9-20(25,10-16(23)12-26-11-15)14-4-5-17(21)13(8-14)6-7-22/h4-5,8,15-16,25H,6,9-12H2,1-3H3. The Morgan fingerprint density at radius 2 is 2.04 bits per heavy atom. The summed E-state index contributed by atoms with van der Waals surface area (Å²) >= 11 is 0. The average Bonchev–Trinajstić information content (AvgIpc) is 2.54. The number of fused-ring (bicyclic) bond motifs is 2. The summed E-state index contributed by atoms with van der Waals surface area (Å²) in [6, 6.07) is 5.67. The van der Waals surface area contributed by atoms with Gasteiger partial charge in [-0.3, -0.25) is 4.90 Å². The van der Waals surface area contributed by atoms with Crippen molar-refractivity contribution in [3.8, 4) is 6.07 Å². The van der Waals surface area contributed by atoms with Gasteiger partial charge in [-0.2, -0.15) is 5.26 Å². The number of ether oxygens (including phenoxy) is 2. The fourth-order valence-electron chi connectivity index (χ4n) is 3.91. The highest BCUT2D eigenvalue weighted by Crippen LogP contribution is 2.42. The van der Waals surface area contributed by atoms with Gasteiger partial charge in [-0.25, -0.2) is 9.18 Å². The molecule has 27 heavy (non-hydrogen) atoms. The molecule has 2 heterocycles. The normalized spacial score (nSPS) is 27.8. The summed E-state index contributed by atoms with van der Waals surface area (Å²) in [7, 11) is 0. The molecule has 0 aliphatic carbocycles. The number of rotatable bonds is 2. The Morgan fingerprint density at radius 1 is 1.41 bits per heavy atom. The molecule has 0 saturated carbocycles. The molecule has 1 amide bonds. The van der Waals surface area contributed by atoms with E-state index in [1.54, 1.807) is 17.0 Å². The molecule has 1 aromatic carbocycles. The number of piperidine rings is 1. The van der Waals surface area contributed by atoms with Gasteiger partial charge in [0.2, 0.25) is 0 Å². The molecule has 0 aromatic heterocycles. The van der Waals surface area contributed by atoms with Gasteiger partial charge >= 0.3 is 6.09 Å². The lowest BCUT2D eigenvalue weighted by Crippen LogP contribution is -2.63. The second-order valence-electron chi connectivity index (χ2n) is 8.31. The Kier molecular flexibility index (Phi) is 5.15. The number of carbonyl (C=O) groups excluding carboxylic acids is 1. The Labute approximate surface area is 158 Å². The van der Waals surface area contributed by atoms with E-state index in [0.29, 0.717) is 18.8 Å². The molecule has 2 aliphatic heterocycles. The van der Waals surface area contributed by atoms with Crippen molar-refractivity contribution >= 4 is 6.09 Å². The second kappa shape index (κ2) is 7.10. The number of amides is 1. The summed E-state index contributed by atoms with van der Waals surface area (Å²) < 4.78 is 25.0. The third kappa shape index (κ3) is 4.07. The number of aliphatic hydroxyl groups is 1. The Hall–Kier alpha value is -2.17. The minimum atomic E-state index is -1.21. The van der Waals surface area contributed by atoms with Crippen LogP contribution in [0, 0.1) is 17.1 Å². The molecule has 2 saturated heterocycles. The molecule has 1 N–H and O–H groups in total. The molecule has 1 aromatic rings. The number of morpholine rings is 1. The third-order valence-corrected chi connectivity index (χ3v) is 5.01. The van der Waals surface area contributed by atoms with Crippen molar-refractivity contribution in [2.45, 2.75) is 63.3 Å². The molecule has 0 spiro atoms. The molecule has 2 bridgehead atoms. The molecular formula is C20H25FN2O4. The number of hydrogen-bond acceptors (Lipinski definition) is 5. The van der Waals surface area contributed by atoms with Gasteiger partial charge < -0.3 is 14.6 Å². The Balaban J connectivity index is 1.86. The van der Waals surface area contributed by atoms with Gasteiger partial charge in [0.1, 0.15) is 11.4 Å². The van der Waals surface area contributed by atoms with Gasteiger partial charge in [-0.15, -0.1) is 0 Å². The van der Waals surface area contributed by atoms with E-state index in [4.69, 9.17) is 14.7 Å². The quantitative estimate of drug-likeness (QED) is 0.858. The maximum absolute atomic E-state index is 13.9. The molecular weight excluding hydrogens is 351 g/mol. The lowest BCUT2D eigenvalue weighted by Gasteiger charge is -2.51. The van der Waals surface area contributed by atoms with Crippen LogP contribution >= 0.6 is 0 Å². The first-order chi connectivity index (χ1) is 12.6. The highest BCUT2D eigenvalue weighted by Gasteiger charge is 2.49. The van der Waals surface area contributed by atoms with Gasteiger partial charge in [0.05, 0.1) is 43.4 Å². The van der Waals surface area contributed by atoms with Gasteiger partial charge in [-0.1, -0.05) is 6.07 Å². The van der Waals surface area contributed by atoms with Crippen molar-refractivity contribution in [1.29, 1.82) is 5.26 Å². The second-order valence-corrected chi connectivity index (χ2v) is 8.31. The number of carbonyl (C=O) groups is 1. The number of nitriles is 1. The summed E-state index contributed by atoms with van der Waals surface area (Å²) in [4.78, 5) is 14.3. The van der Waals surface area contributed by atoms with Gasteiger partial charge in [0.15, 0.2) is 0 Å². The number of halogens is 1. The fourth-order valence-corrected chi connectivity index (χ4v) is 3.91. The minimum absolute atomic E-state index is 0.0598. The Bertz CT molecular complexity index is 754. The van der Waals surface area contributed by atoms with E-state index >= 15 is 0 Å². The van der Waals surface area contributed by atoms with E-state index < -0.39 is 23.1 Å². The van der Waals surface area contributed by atoms with Gasteiger partial charge in [-0.05, 0) is 38.5 Å². The highest BCUT2D eigenvalue weighted by molar-refractivity contribution is 5.69. The fraction of sp³-hybridized carbons (Fsp3) is 0.600. The SMILES string of the molecule is CC(C)(C)OC(=O)N1C2COCC1CC(O)(c1ccc(F)c(CC#N)c1)C2. The van der Waals surface area contributed by atoms with Crippen molar-refractivity contribution in [2.24, 2.45) is 0 Å². The van der Waals surface area contributed by atoms with Crippen molar-refractivity contribution in [3.05, 3.63) is 35.1 Å². The zero-order valence-electron chi connectivity index (χ0n) is 15.9. The predicted molar refractivity (Wildman–Crippen MR) is 95.3 cm³/mol. The molecule has 0 radical (unpaired) electrons. The maximum Gasteiger partial charge on any atom is 0.410 e. The Morgan fingerprint density at radius 3 is 2.59 bits per heavy atom. The van der Waals surface area contributed by atoms with Gasteiger partial charge in [0, 0.05) is 18.4 Å². The van der Waals surface area contributed by atoms with Crippen LogP contribution in [0.2, 0.25) is 0 Å². The van der Waals surface area contributed by atoms with E-state index in [1.807, 2.05) is 26.8 Å². The smallest absolute Gasteiger partial charge is 0.410 e. The van der Waals surface area contributed by atoms with E-state index in [1.165, 1.54) is 6.07 Å². The highest BCUT2D eigenvalue weighted by atomic mass is 19.1. The van der Waals surface area contributed by atoms with Crippen LogP contribution in [0.3, 0.4) is 0 Å². The van der Waals surface area contributed by atoms with E-state index in [-0.39, 0.29) is 36.9 Å². The van der Waals surface area contributed by atoms with Crippen LogP contribution in [0.15, 0.2) is 18.2 Å². The topological polar surface area (TPSA) is 82.8 Å². The zero-order chi connectivity index (χ0) is 19.8. The molecule has 6 nitrogen and oxygen atoms in total. The molecule has 2 aliphatic rings. The third-order valence-electron chi connectivity index (χ3n) is 5.01. The summed E-state index contributed by atoms with van der Waals surface area (Å²) in [6.07, 6.45) is 0.0587. The molecule has 7 heteroatoms. The lowest BCUT2D eigenvalue weighted by atomic mass is 9.76. The van der Waals surface area contributed by atoms with Crippen LogP contribution in [0.5, 0.6) is 0 Å². The molecule has 2 atom stereocenters. The van der Waals surface area contributed by atoms with Crippen LogP contribution in [0.4, 0.5) is 9.18 Å². The van der Waals surface area contributed by atoms with Crippen molar-refractivity contribution in [1.82, 2.24) is 4.90 Å². The van der Waals surface area contributed by atoms with Crippen LogP contribution in [-0.4, -0.2) is 47.0 Å². The summed E-state index contributed by atoms with van der Waals surface area (Å²) in [6.45, 7) is 6.06. The van der Waals surface area contributed by atoms with Gasteiger partial charge in [0.25, 0.3) is 0 Å². The van der Waals surface area contributed by atoms with Crippen molar-refractivity contribution in [3.63, 3.8) is 0 Å². The first kappa shape index (κ1) is 19.6. The molecule has 3 rings (SSSR count). The number of hydrogen-bond donors (Lipinski definition) is 1. The van der Waals surface area contributed by atoms with E-state index in [0.717, 1.165) is 0 Å². The predicted octanol–water partition coefficient (Wildman–Crippen LogP) is 2.88. The van der Waals surface area contributed by atoms with E-state index in [9.17, 15) is 14.3 Å². The largest absolute Gasteiger partial charge is 0.444 e. The minimum Gasteiger partial charge on any atom is -0.444 e. The maximum atomic E-state index is 13.9. The lowest BCUT2D eigenvalue weighted by molar-refractivity contribution is -0.141. The number of benzene rings is 1. The molecule has 2 fully saturated rings. The summed E-state index contributed by atoms with van der Waals surface area (Å²) in [5, 5.41) is 20.2. The number of nitrogens with zero attached hydrogens (tertiary/aromatic N) is 2. The first-order valence-corrected chi connectivity index (χ1v) is 9.10. The zero-order valence-corrected chi connectivity index (χ0v) is 15.9. The van der Waals surface area contributed by atoms with Crippen LogP contribution in [0.25, 0.3) is 0 Å². The molecule has 146 valence electrons. The van der Waals surface area contributed by atoms with E-state index in [2.05, 4.69) is 0 Å². The monoisotopic (exact) mass is 376 g/mol. The van der Waals surface area contributed by atoms with Crippen LogP contribution in [0.1, 0.15) is 44.7 Å².